The maximum atomic E-state index is 13.9. The average Bonchev–Trinajstić information content (AvgIpc) is 2.35. The SMILES string of the molecule is C#CCNC(C)(C(=O)O)c1c(F)cccc1OC. The molecule has 0 amide bonds. The van der Waals surface area contributed by atoms with Crippen molar-refractivity contribution in [2.24, 2.45) is 0 Å². The molecule has 1 rings (SSSR count). The van der Waals surface area contributed by atoms with Crippen LogP contribution in [0, 0.1) is 18.2 Å². The molecule has 0 bridgehead atoms. The van der Waals surface area contributed by atoms with Crippen molar-refractivity contribution in [1.82, 2.24) is 5.32 Å². The number of hydrogen-bond acceptors (Lipinski definition) is 3. The summed E-state index contributed by atoms with van der Waals surface area (Å²) < 4.78 is 18.9. The van der Waals surface area contributed by atoms with Crippen molar-refractivity contribution in [1.29, 1.82) is 0 Å². The largest absolute Gasteiger partial charge is 0.496 e. The van der Waals surface area contributed by atoms with Gasteiger partial charge in [0, 0.05) is 0 Å². The Morgan fingerprint density at radius 3 is 2.83 bits per heavy atom. The molecule has 4 nitrogen and oxygen atoms in total. The van der Waals surface area contributed by atoms with Crippen LogP contribution >= 0.6 is 0 Å². The molecule has 0 aliphatic carbocycles. The molecule has 5 heteroatoms. The van der Waals surface area contributed by atoms with Crippen LogP contribution in [0.2, 0.25) is 0 Å². The minimum Gasteiger partial charge on any atom is -0.496 e. The second kappa shape index (κ2) is 5.52. The van der Waals surface area contributed by atoms with Crippen molar-refractivity contribution in [3.63, 3.8) is 0 Å². The van der Waals surface area contributed by atoms with E-state index < -0.39 is 17.3 Å². The second-order valence-corrected chi connectivity index (χ2v) is 3.80. The first-order chi connectivity index (χ1) is 8.47. The van der Waals surface area contributed by atoms with Crippen molar-refractivity contribution < 1.29 is 19.0 Å². The van der Waals surface area contributed by atoms with Crippen LogP contribution in [-0.4, -0.2) is 24.7 Å². The zero-order chi connectivity index (χ0) is 13.8. The number of terminal acetylenes is 1. The molecule has 1 aromatic carbocycles. The van der Waals surface area contributed by atoms with Gasteiger partial charge in [0.2, 0.25) is 0 Å². The van der Waals surface area contributed by atoms with Crippen molar-refractivity contribution in [2.45, 2.75) is 12.5 Å². The van der Waals surface area contributed by atoms with E-state index in [0.717, 1.165) is 0 Å². The number of nitrogens with one attached hydrogen (secondary N) is 1. The number of carboxylic acids is 1. The monoisotopic (exact) mass is 251 g/mol. The van der Waals surface area contributed by atoms with E-state index in [0.29, 0.717) is 0 Å². The highest BCUT2D eigenvalue weighted by Crippen LogP contribution is 2.32. The number of halogens is 1. The molecular formula is C13H14FNO3. The van der Waals surface area contributed by atoms with Crippen LogP contribution < -0.4 is 10.1 Å². The van der Waals surface area contributed by atoms with Crippen molar-refractivity contribution >= 4 is 5.97 Å². The van der Waals surface area contributed by atoms with E-state index in [2.05, 4.69) is 11.2 Å². The molecule has 0 radical (unpaired) electrons. The normalized spacial score (nSPS) is 13.4. The third-order valence-electron chi connectivity index (χ3n) is 2.67. The first-order valence-electron chi connectivity index (χ1n) is 5.22. The van der Waals surface area contributed by atoms with Gasteiger partial charge in [-0.05, 0) is 19.1 Å². The van der Waals surface area contributed by atoms with Gasteiger partial charge >= 0.3 is 5.97 Å². The predicted molar refractivity (Wildman–Crippen MR) is 64.8 cm³/mol. The van der Waals surface area contributed by atoms with E-state index in [-0.39, 0.29) is 17.9 Å². The van der Waals surface area contributed by atoms with Crippen LogP contribution in [0.15, 0.2) is 18.2 Å². The predicted octanol–water partition coefficient (Wildman–Crippen LogP) is 1.36. The Hall–Kier alpha value is -2.06. The van der Waals surface area contributed by atoms with Crippen molar-refractivity contribution in [3.05, 3.63) is 29.6 Å². The van der Waals surface area contributed by atoms with E-state index >= 15 is 0 Å². The van der Waals surface area contributed by atoms with Crippen LogP contribution in [-0.2, 0) is 10.3 Å². The minimum absolute atomic E-state index is 0.000286. The van der Waals surface area contributed by atoms with E-state index in [1.165, 1.54) is 32.2 Å². The van der Waals surface area contributed by atoms with Gasteiger partial charge in [0.25, 0.3) is 0 Å². The highest BCUT2D eigenvalue weighted by Gasteiger charge is 2.39. The summed E-state index contributed by atoms with van der Waals surface area (Å²) in [5, 5.41) is 11.9. The lowest BCUT2D eigenvalue weighted by atomic mass is 9.90. The number of rotatable bonds is 5. The Kier molecular flexibility index (Phi) is 4.29. The smallest absolute Gasteiger partial charge is 0.328 e. The Labute approximate surface area is 105 Å². The number of carboxylic acid groups (broad SMARTS) is 1. The molecule has 1 aromatic rings. The molecule has 1 unspecified atom stereocenters. The first-order valence-corrected chi connectivity index (χ1v) is 5.22. The first kappa shape index (κ1) is 14.0. The molecule has 0 spiro atoms. The molecule has 0 saturated carbocycles. The summed E-state index contributed by atoms with van der Waals surface area (Å²) in [5.41, 5.74) is -1.72. The van der Waals surface area contributed by atoms with Crippen LogP contribution in [0.1, 0.15) is 12.5 Å². The second-order valence-electron chi connectivity index (χ2n) is 3.80. The summed E-state index contributed by atoms with van der Waals surface area (Å²) in [4.78, 5) is 11.4. The van der Waals surface area contributed by atoms with Crippen molar-refractivity contribution in [2.75, 3.05) is 13.7 Å². The lowest BCUT2D eigenvalue weighted by Crippen LogP contribution is -2.47. The summed E-state index contributed by atoms with van der Waals surface area (Å²) in [6.07, 6.45) is 5.09. The van der Waals surface area contributed by atoms with Crippen LogP contribution in [0.25, 0.3) is 0 Å². The zero-order valence-electron chi connectivity index (χ0n) is 10.2. The van der Waals surface area contributed by atoms with Gasteiger partial charge in [0.05, 0.1) is 19.2 Å². The van der Waals surface area contributed by atoms with Gasteiger partial charge in [-0.25, -0.2) is 9.18 Å². The Bertz CT molecular complexity index is 495. The van der Waals surface area contributed by atoms with Crippen LogP contribution in [0.4, 0.5) is 4.39 Å². The summed E-state index contributed by atoms with van der Waals surface area (Å²) in [6.45, 7) is 1.34. The molecule has 0 aromatic heterocycles. The van der Waals surface area contributed by atoms with Crippen LogP contribution in [0.3, 0.4) is 0 Å². The maximum absolute atomic E-state index is 13.9. The molecular weight excluding hydrogens is 237 g/mol. The van der Waals surface area contributed by atoms with Gasteiger partial charge in [0.15, 0.2) is 0 Å². The molecule has 1 atom stereocenters. The fourth-order valence-corrected chi connectivity index (χ4v) is 1.66. The van der Waals surface area contributed by atoms with E-state index in [1.54, 1.807) is 0 Å². The molecule has 0 aliphatic rings. The van der Waals surface area contributed by atoms with Gasteiger partial charge in [-0.3, -0.25) is 5.32 Å². The summed E-state index contributed by atoms with van der Waals surface area (Å²) in [6, 6.07) is 4.12. The highest BCUT2D eigenvalue weighted by molar-refractivity contribution is 5.81. The number of ether oxygens (including phenoxy) is 1. The summed E-state index contributed by atoms with van der Waals surface area (Å²) in [7, 11) is 1.35. The molecule has 18 heavy (non-hydrogen) atoms. The van der Waals surface area contributed by atoms with E-state index in [4.69, 9.17) is 11.2 Å². The van der Waals surface area contributed by atoms with Crippen LogP contribution in [0.5, 0.6) is 5.75 Å². The molecule has 0 aliphatic heterocycles. The Morgan fingerprint density at radius 1 is 1.67 bits per heavy atom. The van der Waals surface area contributed by atoms with Gasteiger partial charge in [0.1, 0.15) is 17.1 Å². The lowest BCUT2D eigenvalue weighted by Gasteiger charge is -2.27. The minimum atomic E-state index is -1.65. The van der Waals surface area contributed by atoms with Crippen molar-refractivity contribution in [3.8, 4) is 18.1 Å². The quantitative estimate of drug-likeness (QED) is 0.776. The number of aliphatic carboxylic acids is 1. The third-order valence-corrected chi connectivity index (χ3v) is 2.67. The lowest BCUT2D eigenvalue weighted by molar-refractivity contribution is -0.144. The fraction of sp³-hybridized carbons (Fsp3) is 0.308. The average molecular weight is 251 g/mol. The van der Waals surface area contributed by atoms with Gasteiger partial charge < -0.3 is 9.84 Å². The van der Waals surface area contributed by atoms with Gasteiger partial charge in [-0.15, -0.1) is 6.42 Å². The summed E-state index contributed by atoms with van der Waals surface area (Å²) in [5.74, 6) is 0.526. The molecule has 0 heterocycles. The Morgan fingerprint density at radius 2 is 2.33 bits per heavy atom. The van der Waals surface area contributed by atoms with E-state index in [9.17, 15) is 14.3 Å². The molecule has 96 valence electrons. The highest BCUT2D eigenvalue weighted by atomic mass is 19.1. The molecule has 0 saturated heterocycles. The molecule has 0 fully saturated rings. The standard InChI is InChI=1S/C13H14FNO3/c1-4-8-15-13(2,12(16)17)11-9(14)6-5-7-10(11)18-3/h1,5-7,15H,8H2,2-3H3,(H,16,17). The number of hydrogen-bond donors (Lipinski definition) is 2. The zero-order valence-corrected chi connectivity index (χ0v) is 10.2. The molecule has 2 N–H and O–H groups in total. The summed E-state index contributed by atoms with van der Waals surface area (Å²) >= 11 is 0. The maximum Gasteiger partial charge on any atom is 0.328 e. The van der Waals surface area contributed by atoms with Gasteiger partial charge in [-0.1, -0.05) is 12.0 Å². The third kappa shape index (κ3) is 2.44. The number of methoxy groups -OCH3 is 1. The fourth-order valence-electron chi connectivity index (χ4n) is 1.66. The van der Waals surface area contributed by atoms with E-state index in [1.807, 2.05) is 0 Å². The Balaban J connectivity index is 3.39. The number of carbonyl (C=O) groups is 1. The topological polar surface area (TPSA) is 58.6 Å². The van der Waals surface area contributed by atoms with Gasteiger partial charge in [-0.2, -0.15) is 0 Å². The number of benzene rings is 1.